The molecule has 9 nitrogen and oxygen atoms in total. The summed E-state index contributed by atoms with van der Waals surface area (Å²) < 4.78 is 6.75. The largest absolute Gasteiger partial charge is 0.378 e. The fourth-order valence-electron chi connectivity index (χ4n) is 5.23. The fraction of sp³-hybridized carbons (Fsp3) is 0.423. The van der Waals surface area contributed by atoms with Gasteiger partial charge in [0.25, 0.3) is 0 Å². The van der Waals surface area contributed by atoms with E-state index in [1.54, 1.807) is 18.4 Å². The highest BCUT2D eigenvalue weighted by Gasteiger charge is 2.24. The zero-order chi connectivity index (χ0) is 24.5. The predicted molar refractivity (Wildman–Crippen MR) is 144 cm³/mol. The van der Waals surface area contributed by atoms with E-state index >= 15 is 0 Å². The molecule has 2 aliphatic rings. The van der Waals surface area contributed by atoms with E-state index in [1.165, 1.54) is 4.88 Å². The lowest BCUT2D eigenvalue weighted by molar-refractivity contribution is 0.122. The van der Waals surface area contributed by atoms with Crippen LogP contribution in [0.25, 0.3) is 32.5 Å². The summed E-state index contributed by atoms with van der Waals surface area (Å²) in [6.07, 6.45) is 4.05. The Kier molecular flexibility index (Phi) is 6.47. The number of urea groups is 1. The molecule has 0 bridgehead atoms. The molecule has 3 aromatic heterocycles. The number of ether oxygens (including phenoxy) is 1. The van der Waals surface area contributed by atoms with Crippen molar-refractivity contribution in [2.75, 3.05) is 51.3 Å². The average molecular weight is 506 g/mol. The lowest BCUT2D eigenvalue weighted by Crippen LogP contribution is -2.49. The van der Waals surface area contributed by atoms with Crippen LogP contribution >= 0.6 is 11.3 Å². The number of aromatic nitrogens is 3. The molecule has 6 rings (SSSR count). The second-order valence-electron chi connectivity index (χ2n) is 9.44. The number of carbonyl (C=O) groups is 1. The van der Waals surface area contributed by atoms with Crippen LogP contribution in [0.2, 0.25) is 0 Å². The fourth-order valence-corrected chi connectivity index (χ4v) is 6.38. The van der Waals surface area contributed by atoms with Crippen LogP contribution in [0.5, 0.6) is 0 Å². The van der Waals surface area contributed by atoms with Gasteiger partial charge in [0.15, 0.2) is 11.6 Å². The molecule has 2 saturated heterocycles. The highest BCUT2D eigenvalue weighted by molar-refractivity contribution is 7.19. The molecule has 1 unspecified atom stereocenters. The maximum absolute atomic E-state index is 11.8. The lowest BCUT2D eigenvalue weighted by atomic mass is 10.1. The van der Waals surface area contributed by atoms with Gasteiger partial charge in [-0.15, -0.1) is 11.3 Å². The first-order valence-corrected chi connectivity index (χ1v) is 13.4. The summed E-state index contributed by atoms with van der Waals surface area (Å²) >= 11 is 1.79. The van der Waals surface area contributed by atoms with Gasteiger partial charge in [0, 0.05) is 66.8 Å². The minimum absolute atomic E-state index is 0.112. The van der Waals surface area contributed by atoms with E-state index in [0.717, 1.165) is 83.9 Å². The first kappa shape index (κ1) is 23.2. The Labute approximate surface area is 213 Å². The summed E-state index contributed by atoms with van der Waals surface area (Å²) in [7, 11) is 1.66. The van der Waals surface area contributed by atoms with Gasteiger partial charge in [-0.25, -0.2) is 14.8 Å². The molecule has 5 heterocycles. The Bertz CT molecular complexity index is 1380. The van der Waals surface area contributed by atoms with Crippen molar-refractivity contribution in [2.45, 2.75) is 25.4 Å². The molecule has 0 aliphatic carbocycles. The number of rotatable bonds is 5. The van der Waals surface area contributed by atoms with Crippen LogP contribution in [0.1, 0.15) is 17.7 Å². The van der Waals surface area contributed by atoms with Crippen molar-refractivity contribution in [1.82, 2.24) is 30.5 Å². The van der Waals surface area contributed by atoms with Crippen LogP contribution in [0, 0.1) is 0 Å². The molecule has 10 heteroatoms. The number of hydrogen-bond donors (Lipinski definition) is 3. The van der Waals surface area contributed by atoms with E-state index in [1.807, 2.05) is 6.20 Å². The third-order valence-electron chi connectivity index (χ3n) is 7.00. The molecule has 3 N–H and O–H groups in total. The number of nitrogens with one attached hydrogen (secondary N) is 3. The number of anilines is 1. The van der Waals surface area contributed by atoms with Crippen molar-refractivity contribution >= 4 is 44.3 Å². The molecule has 2 fully saturated rings. The van der Waals surface area contributed by atoms with Gasteiger partial charge < -0.3 is 25.3 Å². The molecular weight excluding hydrogens is 474 g/mol. The molecule has 2 aliphatic heterocycles. The zero-order valence-electron chi connectivity index (χ0n) is 20.4. The molecule has 0 spiro atoms. The van der Waals surface area contributed by atoms with Gasteiger partial charge in [0.2, 0.25) is 0 Å². The molecular formula is C26H31N7O2S. The number of hydrogen-bond acceptors (Lipinski definition) is 7. The van der Waals surface area contributed by atoms with Crippen molar-refractivity contribution in [3.8, 4) is 11.4 Å². The van der Waals surface area contributed by atoms with Gasteiger partial charge in [0.1, 0.15) is 0 Å². The number of H-pyrrole nitrogens is 1. The second-order valence-corrected chi connectivity index (χ2v) is 10.6. The molecule has 1 atom stereocenters. The van der Waals surface area contributed by atoms with E-state index < -0.39 is 0 Å². The highest BCUT2D eigenvalue weighted by atomic mass is 32.1. The maximum atomic E-state index is 11.8. The van der Waals surface area contributed by atoms with Crippen molar-refractivity contribution in [1.29, 1.82) is 0 Å². The number of morpholine rings is 1. The van der Waals surface area contributed by atoms with Crippen LogP contribution in [0.15, 0.2) is 36.5 Å². The number of benzene rings is 1. The number of thiophene rings is 1. The standard InChI is InChI=1S/C26H31N7O2S/c1-27-26(34)29-17-4-3-9-32(15-17)16-18-14-22-23(36-18)25(33-10-12-35-13-11-33)31-24(30-22)20-5-2-6-21-19(20)7-8-28-21/h2,5-8,14,17,28H,3-4,9-13,15-16H2,1H3,(H2,27,29,34). The molecule has 2 amide bonds. The van der Waals surface area contributed by atoms with Crippen LogP contribution < -0.4 is 15.5 Å². The van der Waals surface area contributed by atoms with Gasteiger partial charge >= 0.3 is 6.03 Å². The minimum Gasteiger partial charge on any atom is -0.378 e. The smallest absolute Gasteiger partial charge is 0.314 e. The second kappa shape index (κ2) is 10.0. The van der Waals surface area contributed by atoms with E-state index in [9.17, 15) is 4.79 Å². The molecule has 1 aromatic carbocycles. The number of amides is 2. The third-order valence-corrected chi connectivity index (χ3v) is 8.10. The van der Waals surface area contributed by atoms with Crippen molar-refractivity contribution in [2.24, 2.45) is 0 Å². The monoisotopic (exact) mass is 505 g/mol. The summed E-state index contributed by atoms with van der Waals surface area (Å²) in [6.45, 7) is 5.80. The Morgan fingerprint density at radius 1 is 1.22 bits per heavy atom. The third kappa shape index (κ3) is 4.63. The van der Waals surface area contributed by atoms with Crippen LogP contribution in [-0.4, -0.2) is 78.4 Å². The topological polar surface area (TPSA) is 98.4 Å². The van der Waals surface area contributed by atoms with Gasteiger partial charge in [-0.3, -0.25) is 4.90 Å². The molecule has 36 heavy (non-hydrogen) atoms. The Hall–Kier alpha value is -3.21. The number of fused-ring (bicyclic) bond motifs is 2. The Morgan fingerprint density at radius 2 is 2.11 bits per heavy atom. The van der Waals surface area contributed by atoms with Gasteiger partial charge in [-0.05, 0) is 37.6 Å². The quantitative estimate of drug-likeness (QED) is 0.384. The Morgan fingerprint density at radius 3 is 2.97 bits per heavy atom. The highest BCUT2D eigenvalue weighted by Crippen LogP contribution is 2.36. The van der Waals surface area contributed by atoms with Crippen LogP contribution in [0.4, 0.5) is 10.6 Å². The molecule has 188 valence electrons. The Balaban J connectivity index is 1.34. The molecule has 4 aromatic rings. The van der Waals surface area contributed by atoms with Gasteiger partial charge in [-0.2, -0.15) is 0 Å². The summed E-state index contributed by atoms with van der Waals surface area (Å²) in [5, 5.41) is 6.86. The summed E-state index contributed by atoms with van der Waals surface area (Å²) in [4.78, 5) is 31.3. The van der Waals surface area contributed by atoms with Gasteiger partial charge in [-0.1, -0.05) is 12.1 Å². The van der Waals surface area contributed by atoms with E-state index in [4.69, 9.17) is 14.7 Å². The maximum Gasteiger partial charge on any atom is 0.314 e. The number of carbonyl (C=O) groups excluding carboxylic acids is 1. The zero-order valence-corrected chi connectivity index (χ0v) is 21.2. The predicted octanol–water partition coefficient (Wildman–Crippen LogP) is 3.57. The SMILES string of the molecule is CNC(=O)NC1CCCN(Cc2cc3nc(-c4cccc5[nH]ccc45)nc(N4CCOCC4)c3s2)C1. The first-order chi connectivity index (χ1) is 17.7. The van der Waals surface area contributed by atoms with Crippen LogP contribution in [-0.2, 0) is 11.3 Å². The normalized spacial score (nSPS) is 19.1. The van der Waals surface area contributed by atoms with Crippen LogP contribution in [0.3, 0.4) is 0 Å². The molecule has 0 saturated carbocycles. The number of aromatic amines is 1. The van der Waals surface area contributed by atoms with Gasteiger partial charge in [0.05, 0.1) is 23.4 Å². The minimum atomic E-state index is -0.112. The summed E-state index contributed by atoms with van der Waals surface area (Å²) in [6, 6.07) is 10.6. The van der Waals surface area contributed by atoms with Crippen molar-refractivity contribution in [3.05, 3.63) is 41.4 Å². The number of likely N-dealkylation sites (tertiary alicyclic amines) is 1. The van der Waals surface area contributed by atoms with E-state index in [-0.39, 0.29) is 12.1 Å². The van der Waals surface area contributed by atoms with E-state index in [0.29, 0.717) is 13.2 Å². The van der Waals surface area contributed by atoms with Crippen molar-refractivity contribution in [3.63, 3.8) is 0 Å². The summed E-state index contributed by atoms with van der Waals surface area (Å²) in [5.74, 6) is 1.76. The lowest BCUT2D eigenvalue weighted by Gasteiger charge is -2.32. The first-order valence-electron chi connectivity index (χ1n) is 12.6. The summed E-state index contributed by atoms with van der Waals surface area (Å²) in [5.41, 5.74) is 3.11. The number of piperidine rings is 1. The average Bonchev–Trinajstić information content (AvgIpc) is 3.55. The van der Waals surface area contributed by atoms with E-state index in [2.05, 4.69) is 55.7 Å². The van der Waals surface area contributed by atoms with Crippen molar-refractivity contribution < 1.29 is 9.53 Å². The molecule has 0 radical (unpaired) electrons. The number of nitrogens with zero attached hydrogens (tertiary/aromatic N) is 4.